The van der Waals surface area contributed by atoms with Crippen LogP contribution in [0.25, 0.3) is 0 Å². The van der Waals surface area contributed by atoms with Crippen LogP contribution in [0.15, 0.2) is 12.4 Å². The third kappa shape index (κ3) is 1.34. The second kappa shape index (κ2) is 3.23. The molecule has 0 spiro atoms. The summed E-state index contributed by atoms with van der Waals surface area (Å²) in [5, 5.41) is 8.26. The zero-order valence-corrected chi connectivity index (χ0v) is 7.06. The Bertz CT molecular complexity index is 231. The van der Waals surface area contributed by atoms with Crippen molar-refractivity contribution in [2.75, 3.05) is 6.54 Å². The predicted octanol–water partition coefficient (Wildman–Crippen LogP) is 0.578. The second-order valence-corrected chi connectivity index (χ2v) is 3.42. The van der Waals surface area contributed by atoms with E-state index >= 15 is 0 Å². The van der Waals surface area contributed by atoms with Crippen LogP contribution in [-0.4, -0.2) is 21.5 Å². The lowest BCUT2D eigenvalue weighted by Gasteiger charge is -2.08. The van der Waals surface area contributed by atoms with Crippen LogP contribution in [-0.2, 0) is 0 Å². The topological polar surface area (TPSA) is 56.7 Å². The molecule has 66 valence electrons. The van der Waals surface area contributed by atoms with E-state index in [2.05, 4.69) is 10.2 Å². The molecule has 0 bridgehead atoms. The first-order valence-electron chi connectivity index (χ1n) is 4.46. The largest absolute Gasteiger partial charge is 0.330 e. The zero-order valence-electron chi connectivity index (χ0n) is 7.06. The van der Waals surface area contributed by atoms with Crippen molar-refractivity contribution in [3.8, 4) is 0 Å². The van der Waals surface area contributed by atoms with Crippen LogP contribution in [0.1, 0.15) is 25.3 Å². The van der Waals surface area contributed by atoms with Gasteiger partial charge in [-0.25, -0.2) is 0 Å². The van der Waals surface area contributed by atoms with Crippen LogP contribution in [0.3, 0.4) is 0 Å². The Morgan fingerprint density at radius 3 is 2.67 bits per heavy atom. The molecule has 0 aliphatic heterocycles. The summed E-state index contributed by atoms with van der Waals surface area (Å²) in [7, 11) is 0. The maximum Gasteiger partial charge on any atom is 0.0719 e. The Morgan fingerprint density at radius 2 is 2.08 bits per heavy atom. The molecule has 1 saturated carbocycles. The van der Waals surface area contributed by atoms with Crippen LogP contribution < -0.4 is 5.73 Å². The van der Waals surface area contributed by atoms with Gasteiger partial charge in [0.05, 0.1) is 18.4 Å². The van der Waals surface area contributed by atoms with Gasteiger partial charge < -0.3 is 5.73 Å². The maximum atomic E-state index is 5.60. The number of hydrogen-bond acceptors (Lipinski definition) is 3. The molecule has 0 amide bonds. The van der Waals surface area contributed by atoms with E-state index in [0.29, 0.717) is 12.0 Å². The van der Waals surface area contributed by atoms with E-state index < -0.39 is 0 Å². The molecule has 1 aliphatic rings. The third-order valence-electron chi connectivity index (χ3n) is 2.61. The molecule has 2 rings (SSSR count). The highest BCUT2D eigenvalue weighted by molar-refractivity contribution is 4.79. The fourth-order valence-corrected chi connectivity index (χ4v) is 1.89. The molecule has 4 heteroatoms. The first-order chi connectivity index (χ1) is 5.90. The first kappa shape index (κ1) is 7.73. The highest BCUT2D eigenvalue weighted by Crippen LogP contribution is 2.32. The predicted molar refractivity (Wildman–Crippen MR) is 45.5 cm³/mol. The molecule has 0 aromatic carbocycles. The molecule has 2 unspecified atom stereocenters. The second-order valence-electron chi connectivity index (χ2n) is 3.42. The molecule has 1 aromatic heterocycles. The summed E-state index contributed by atoms with van der Waals surface area (Å²) in [4.78, 5) is 1.82. The average molecular weight is 166 g/mol. The van der Waals surface area contributed by atoms with Gasteiger partial charge in [-0.3, -0.25) is 0 Å². The van der Waals surface area contributed by atoms with Gasteiger partial charge in [0.25, 0.3) is 0 Å². The van der Waals surface area contributed by atoms with Gasteiger partial charge in [0.15, 0.2) is 0 Å². The molecule has 0 saturated heterocycles. The molecule has 1 fully saturated rings. The molecular weight excluding hydrogens is 152 g/mol. The van der Waals surface area contributed by atoms with Gasteiger partial charge in [-0.2, -0.15) is 15.0 Å². The number of rotatable bonds is 2. The van der Waals surface area contributed by atoms with E-state index in [9.17, 15) is 0 Å². The molecule has 2 N–H and O–H groups in total. The SMILES string of the molecule is NCC1CCC(n2nccn2)C1. The smallest absolute Gasteiger partial charge is 0.0719 e. The van der Waals surface area contributed by atoms with Crippen LogP contribution >= 0.6 is 0 Å². The Balaban J connectivity index is 2.00. The third-order valence-corrected chi connectivity index (χ3v) is 2.61. The Kier molecular flexibility index (Phi) is 2.08. The van der Waals surface area contributed by atoms with Gasteiger partial charge in [0, 0.05) is 0 Å². The van der Waals surface area contributed by atoms with Gasteiger partial charge in [-0.1, -0.05) is 0 Å². The van der Waals surface area contributed by atoms with Gasteiger partial charge in [-0.15, -0.1) is 0 Å². The fraction of sp³-hybridized carbons (Fsp3) is 0.750. The van der Waals surface area contributed by atoms with Crippen molar-refractivity contribution in [2.24, 2.45) is 11.7 Å². The standard InChI is InChI=1S/C8H14N4/c9-6-7-1-2-8(5-7)12-10-3-4-11-12/h3-4,7-8H,1-2,5-6,9H2. The molecule has 2 atom stereocenters. The van der Waals surface area contributed by atoms with Crippen molar-refractivity contribution < 1.29 is 0 Å². The summed E-state index contributed by atoms with van der Waals surface area (Å²) >= 11 is 0. The van der Waals surface area contributed by atoms with Crippen LogP contribution in [0.4, 0.5) is 0 Å². The number of hydrogen-bond donors (Lipinski definition) is 1. The van der Waals surface area contributed by atoms with Crippen molar-refractivity contribution in [2.45, 2.75) is 25.3 Å². The summed E-state index contributed by atoms with van der Waals surface area (Å²) in [6.07, 6.45) is 7.01. The normalized spacial score (nSPS) is 29.4. The number of nitrogens with zero attached hydrogens (tertiary/aromatic N) is 3. The van der Waals surface area contributed by atoms with Gasteiger partial charge in [-0.05, 0) is 31.7 Å². The van der Waals surface area contributed by atoms with Crippen molar-refractivity contribution in [1.29, 1.82) is 0 Å². The molecule has 1 aliphatic carbocycles. The van der Waals surface area contributed by atoms with Crippen molar-refractivity contribution in [3.63, 3.8) is 0 Å². The van der Waals surface area contributed by atoms with E-state index in [1.54, 1.807) is 12.4 Å². The Hall–Kier alpha value is -0.900. The maximum absolute atomic E-state index is 5.60. The van der Waals surface area contributed by atoms with Crippen LogP contribution in [0, 0.1) is 5.92 Å². The zero-order chi connectivity index (χ0) is 8.39. The van der Waals surface area contributed by atoms with E-state index in [1.807, 2.05) is 4.80 Å². The van der Waals surface area contributed by atoms with E-state index in [1.165, 1.54) is 12.8 Å². The first-order valence-corrected chi connectivity index (χ1v) is 4.46. The highest BCUT2D eigenvalue weighted by Gasteiger charge is 2.25. The number of aromatic nitrogens is 3. The summed E-state index contributed by atoms with van der Waals surface area (Å²) in [6, 6.07) is 0.494. The molecule has 1 aromatic rings. The summed E-state index contributed by atoms with van der Waals surface area (Å²) in [5.74, 6) is 0.681. The lowest BCUT2D eigenvalue weighted by atomic mass is 10.1. The van der Waals surface area contributed by atoms with Gasteiger partial charge in [0.1, 0.15) is 0 Å². The summed E-state index contributed by atoms with van der Waals surface area (Å²) in [5.41, 5.74) is 5.60. The molecule has 1 heterocycles. The average Bonchev–Trinajstić information content (AvgIpc) is 2.75. The van der Waals surface area contributed by atoms with Gasteiger partial charge >= 0.3 is 0 Å². The minimum Gasteiger partial charge on any atom is -0.330 e. The Morgan fingerprint density at radius 1 is 1.33 bits per heavy atom. The minimum absolute atomic E-state index is 0.494. The van der Waals surface area contributed by atoms with Crippen molar-refractivity contribution >= 4 is 0 Å². The molecular formula is C8H14N4. The lowest BCUT2D eigenvalue weighted by molar-refractivity contribution is 0.398. The Labute approximate surface area is 71.8 Å². The molecule has 4 nitrogen and oxygen atoms in total. The fourth-order valence-electron chi connectivity index (χ4n) is 1.89. The van der Waals surface area contributed by atoms with Crippen molar-refractivity contribution in [3.05, 3.63) is 12.4 Å². The number of nitrogens with two attached hydrogens (primary N) is 1. The molecule has 0 radical (unpaired) electrons. The van der Waals surface area contributed by atoms with Crippen LogP contribution in [0.5, 0.6) is 0 Å². The van der Waals surface area contributed by atoms with Gasteiger partial charge in [0.2, 0.25) is 0 Å². The van der Waals surface area contributed by atoms with E-state index in [-0.39, 0.29) is 0 Å². The monoisotopic (exact) mass is 166 g/mol. The minimum atomic E-state index is 0.494. The molecule has 12 heavy (non-hydrogen) atoms. The highest BCUT2D eigenvalue weighted by atomic mass is 15.5. The lowest BCUT2D eigenvalue weighted by Crippen LogP contribution is -2.13. The van der Waals surface area contributed by atoms with E-state index in [4.69, 9.17) is 5.73 Å². The summed E-state index contributed by atoms with van der Waals surface area (Å²) in [6.45, 7) is 0.803. The quantitative estimate of drug-likeness (QED) is 0.699. The summed E-state index contributed by atoms with van der Waals surface area (Å²) < 4.78 is 0. The van der Waals surface area contributed by atoms with E-state index in [0.717, 1.165) is 13.0 Å². The van der Waals surface area contributed by atoms with Crippen LogP contribution in [0.2, 0.25) is 0 Å². The van der Waals surface area contributed by atoms with Crippen molar-refractivity contribution in [1.82, 2.24) is 15.0 Å².